The molecule has 2 fully saturated rings. The van der Waals surface area contributed by atoms with Gasteiger partial charge in [0.05, 0.1) is 30.1 Å². The zero-order chi connectivity index (χ0) is 23.2. The molecule has 0 unspecified atom stereocenters. The third-order valence-electron chi connectivity index (χ3n) is 6.07. The number of carboxylic acids is 1. The number of carboxylic acid groups (broad SMARTS) is 1. The molecular weight excluding hydrogens is 430 g/mol. The van der Waals surface area contributed by atoms with Crippen LogP contribution >= 0.6 is 11.3 Å². The number of hydrogen-bond donors (Lipinski definition) is 2. The molecule has 0 saturated carbocycles. The number of aryl methyl sites for hydroxylation is 2. The van der Waals surface area contributed by atoms with Gasteiger partial charge in [-0.3, -0.25) is 9.59 Å². The van der Waals surface area contributed by atoms with E-state index in [0.717, 1.165) is 21.6 Å². The molecule has 0 spiro atoms. The van der Waals surface area contributed by atoms with E-state index in [-0.39, 0.29) is 6.10 Å². The van der Waals surface area contributed by atoms with Gasteiger partial charge in [-0.25, -0.2) is 4.79 Å². The summed E-state index contributed by atoms with van der Waals surface area (Å²) in [6, 6.07) is 7.80. The molecule has 3 heterocycles. The maximum atomic E-state index is 13.2. The van der Waals surface area contributed by atoms with Gasteiger partial charge in [0.1, 0.15) is 10.6 Å². The lowest BCUT2D eigenvalue weighted by Crippen LogP contribution is -2.41. The fourth-order valence-corrected chi connectivity index (χ4v) is 5.76. The lowest BCUT2D eigenvalue weighted by atomic mass is 9.78. The van der Waals surface area contributed by atoms with Crippen LogP contribution in [0.2, 0.25) is 0 Å². The number of esters is 1. The van der Waals surface area contributed by atoms with Crippen molar-refractivity contribution in [3.63, 3.8) is 0 Å². The zero-order valence-corrected chi connectivity index (χ0v) is 19.3. The van der Waals surface area contributed by atoms with E-state index in [4.69, 9.17) is 9.47 Å². The molecule has 7 nitrogen and oxygen atoms in total. The fraction of sp³-hybridized carbons (Fsp3) is 0.458. The summed E-state index contributed by atoms with van der Waals surface area (Å²) in [7, 11) is 0. The monoisotopic (exact) mass is 457 g/mol. The van der Waals surface area contributed by atoms with Crippen LogP contribution in [0.15, 0.2) is 24.3 Å². The lowest BCUT2D eigenvalue weighted by Gasteiger charge is -2.23. The molecule has 1 amide bonds. The Morgan fingerprint density at radius 2 is 1.72 bits per heavy atom. The third-order valence-corrected chi connectivity index (χ3v) is 7.09. The van der Waals surface area contributed by atoms with Crippen LogP contribution in [0.1, 0.15) is 47.5 Å². The number of benzene rings is 1. The Kier molecular flexibility index (Phi) is 6.09. The Morgan fingerprint density at radius 1 is 1.09 bits per heavy atom. The fourth-order valence-electron chi connectivity index (χ4n) is 4.69. The second kappa shape index (κ2) is 8.67. The smallest absolute Gasteiger partial charge is 0.342 e. The van der Waals surface area contributed by atoms with Gasteiger partial charge in [-0.05, 0) is 46.1 Å². The molecule has 2 aliphatic rings. The van der Waals surface area contributed by atoms with Gasteiger partial charge in [-0.2, -0.15) is 0 Å². The molecule has 170 valence electrons. The van der Waals surface area contributed by atoms with Crippen molar-refractivity contribution in [3.05, 3.63) is 40.3 Å². The Labute approximate surface area is 190 Å². The summed E-state index contributed by atoms with van der Waals surface area (Å²) < 4.78 is 11.2. The van der Waals surface area contributed by atoms with Crippen LogP contribution in [0.5, 0.6) is 0 Å². The molecule has 2 bridgehead atoms. The molecule has 2 aromatic rings. The Hall–Kier alpha value is -2.71. The van der Waals surface area contributed by atoms with Crippen molar-refractivity contribution >= 4 is 34.2 Å². The first-order valence-electron chi connectivity index (χ1n) is 10.8. The minimum atomic E-state index is -1.03. The standard InChI is InChI=1S/C24H27NO6S/c1-11(2)30-24(29)20-17(14-7-5-12(3)6-8-14)13(4)32-22(20)25-21(26)18-15-9-10-16(31-15)19(18)23(27)28/h5-8,11,15-16,18-19H,9-10H2,1-4H3,(H,25,26)(H,27,28)/t15-,16+,18+,19+/m1/s1. The number of ether oxygens (including phenoxy) is 2. The first kappa shape index (κ1) is 22.5. The normalized spacial score (nSPS) is 24.0. The number of rotatable bonds is 6. The average Bonchev–Trinajstić information content (AvgIpc) is 3.41. The van der Waals surface area contributed by atoms with Crippen LogP contribution in [0.25, 0.3) is 11.1 Å². The number of nitrogens with one attached hydrogen (secondary N) is 1. The highest BCUT2D eigenvalue weighted by molar-refractivity contribution is 7.17. The Morgan fingerprint density at radius 3 is 2.31 bits per heavy atom. The predicted molar refractivity (Wildman–Crippen MR) is 121 cm³/mol. The quantitative estimate of drug-likeness (QED) is 0.623. The Bertz CT molecular complexity index is 1060. The second-order valence-corrected chi connectivity index (χ2v) is 9.95. The number of carbonyl (C=O) groups excluding carboxylic acids is 2. The second-order valence-electron chi connectivity index (χ2n) is 8.73. The molecule has 2 aliphatic heterocycles. The third kappa shape index (κ3) is 4.04. The highest BCUT2D eigenvalue weighted by Crippen LogP contribution is 2.45. The van der Waals surface area contributed by atoms with Crippen LogP contribution in [0.3, 0.4) is 0 Å². The summed E-state index contributed by atoms with van der Waals surface area (Å²) >= 11 is 1.29. The lowest BCUT2D eigenvalue weighted by molar-refractivity contribution is -0.147. The van der Waals surface area contributed by atoms with E-state index in [0.29, 0.717) is 23.4 Å². The SMILES string of the molecule is Cc1ccc(-c2c(C)sc(NC(=O)[C@@H]3[C@@H](C(=O)O)[C@@H]4CC[C@H]3O4)c2C(=O)OC(C)C)cc1. The number of hydrogen-bond acceptors (Lipinski definition) is 6. The van der Waals surface area contributed by atoms with Gasteiger partial charge in [0.15, 0.2) is 0 Å². The number of aliphatic carboxylic acids is 1. The maximum Gasteiger partial charge on any atom is 0.342 e. The molecule has 1 aromatic carbocycles. The van der Waals surface area contributed by atoms with Crippen LogP contribution in [0, 0.1) is 25.7 Å². The van der Waals surface area contributed by atoms with Gasteiger partial charge in [0, 0.05) is 10.4 Å². The van der Waals surface area contributed by atoms with E-state index in [9.17, 15) is 19.5 Å². The average molecular weight is 458 g/mol. The zero-order valence-electron chi connectivity index (χ0n) is 18.5. The molecule has 4 atom stereocenters. The molecule has 4 rings (SSSR count). The van der Waals surface area contributed by atoms with Crippen molar-refractivity contribution in [2.45, 2.75) is 58.8 Å². The molecule has 8 heteroatoms. The van der Waals surface area contributed by atoms with Crippen LogP contribution in [0.4, 0.5) is 5.00 Å². The molecule has 2 saturated heterocycles. The van der Waals surface area contributed by atoms with Gasteiger partial charge < -0.3 is 19.9 Å². The first-order chi connectivity index (χ1) is 15.2. The summed E-state index contributed by atoms with van der Waals surface area (Å²) in [4.78, 5) is 38.9. The van der Waals surface area contributed by atoms with Crippen molar-refractivity contribution in [2.24, 2.45) is 11.8 Å². The predicted octanol–water partition coefficient (Wildman–Crippen LogP) is 4.41. The summed E-state index contributed by atoms with van der Waals surface area (Å²) in [6.45, 7) is 7.42. The summed E-state index contributed by atoms with van der Waals surface area (Å²) in [5, 5.41) is 12.9. The molecule has 32 heavy (non-hydrogen) atoms. The van der Waals surface area contributed by atoms with E-state index in [1.54, 1.807) is 13.8 Å². The largest absolute Gasteiger partial charge is 0.481 e. The van der Waals surface area contributed by atoms with Crippen molar-refractivity contribution in [2.75, 3.05) is 5.32 Å². The molecule has 0 radical (unpaired) electrons. The maximum absolute atomic E-state index is 13.2. The van der Waals surface area contributed by atoms with Crippen molar-refractivity contribution < 1.29 is 29.0 Å². The highest BCUT2D eigenvalue weighted by Gasteiger charge is 2.55. The van der Waals surface area contributed by atoms with Crippen LogP contribution in [-0.4, -0.2) is 41.3 Å². The number of anilines is 1. The summed E-state index contributed by atoms with van der Waals surface area (Å²) in [5.41, 5.74) is 2.97. The van der Waals surface area contributed by atoms with Crippen molar-refractivity contribution in [3.8, 4) is 11.1 Å². The number of thiophene rings is 1. The van der Waals surface area contributed by atoms with Gasteiger partial charge in [0.25, 0.3) is 0 Å². The van der Waals surface area contributed by atoms with Gasteiger partial charge >= 0.3 is 11.9 Å². The first-order valence-corrected chi connectivity index (χ1v) is 11.6. The van der Waals surface area contributed by atoms with Crippen LogP contribution in [-0.2, 0) is 19.1 Å². The molecular formula is C24H27NO6S. The minimum absolute atomic E-state index is 0.300. The van der Waals surface area contributed by atoms with E-state index in [2.05, 4.69) is 5.32 Å². The summed E-state index contributed by atoms with van der Waals surface area (Å²) in [6.07, 6.45) is 0.129. The minimum Gasteiger partial charge on any atom is -0.481 e. The van der Waals surface area contributed by atoms with E-state index < -0.39 is 41.9 Å². The van der Waals surface area contributed by atoms with E-state index in [1.807, 2.05) is 38.1 Å². The number of fused-ring (bicyclic) bond motifs is 2. The highest BCUT2D eigenvalue weighted by atomic mass is 32.1. The molecule has 1 aromatic heterocycles. The Balaban J connectivity index is 1.71. The number of amides is 1. The van der Waals surface area contributed by atoms with E-state index in [1.165, 1.54) is 11.3 Å². The van der Waals surface area contributed by atoms with Gasteiger partial charge in [0.2, 0.25) is 5.91 Å². The topological polar surface area (TPSA) is 102 Å². The number of carbonyl (C=O) groups is 3. The van der Waals surface area contributed by atoms with Gasteiger partial charge in [-0.15, -0.1) is 11.3 Å². The molecule has 0 aliphatic carbocycles. The molecule has 2 N–H and O–H groups in total. The van der Waals surface area contributed by atoms with Gasteiger partial charge in [-0.1, -0.05) is 29.8 Å². The van der Waals surface area contributed by atoms with E-state index >= 15 is 0 Å². The van der Waals surface area contributed by atoms with Crippen molar-refractivity contribution in [1.29, 1.82) is 0 Å². The summed E-state index contributed by atoms with van der Waals surface area (Å²) in [5.74, 6) is -3.64. The van der Waals surface area contributed by atoms with Crippen LogP contribution < -0.4 is 5.32 Å². The van der Waals surface area contributed by atoms with Crippen molar-refractivity contribution in [1.82, 2.24) is 0 Å².